The summed E-state index contributed by atoms with van der Waals surface area (Å²) in [5.41, 5.74) is 0.268. The second kappa shape index (κ2) is 7.09. The van der Waals surface area contributed by atoms with Crippen LogP contribution in [0.15, 0.2) is 18.2 Å². The first-order valence-electron chi connectivity index (χ1n) is 7.05. The van der Waals surface area contributed by atoms with Crippen molar-refractivity contribution < 1.29 is 17.5 Å². The number of nitrogens with one attached hydrogen (secondary N) is 2. The van der Waals surface area contributed by atoms with Crippen LogP contribution in [0.5, 0.6) is 5.75 Å². The Morgan fingerprint density at radius 3 is 2.76 bits per heavy atom. The van der Waals surface area contributed by atoms with Crippen molar-refractivity contribution in [1.82, 2.24) is 5.32 Å². The average molecular weight is 316 g/mol. The smallest absolute Gasteiger partial charge is 0.232 e. The predicted molar refractivity (Wildman–Crippen MR) is 80.6 cm³/mol. The van der Waals surface area contributed by atoms with E-state index in [1.807, 2.05) is 0 Å². The summed E-state index contributed by atoms with van der Waals surface area (Å²) in [6, 6.07) is 3.73. The lowest BCUT2D eigenvalue weighted by Gasteiger charge is -2.22. The van der Waals surface area contributed by atoms with Gasteiger partial charge in [-0.15, -0.1) is 0 Å². The Labute approximate surface area is 124 Å². The van der Waals surface area contributed by atoms with Crippen molar-refractivity contribution in [2.45, 2.75) is 19.3 Å². The first-order chi connectivity index (χ1) is 10.00. The van der Waals surface area contributed by atoms with Crippen LogP contribution in [-0.4, -0.2) is 34.4 Å². The van der Waals surface area contributed by atoms with Gasteiger partial charge < -0.3 is 10.1 Å². The maximum absolute atomic E-state index is 13.1. The van der Waals surface area contributed by atoms with Gasteiger partial charge in [-0.2, -0.15) is 0 Å². The highest BCUT2D eigenvalue weighted by Gasteiger charge is 2.19. The quantitative estimate of drug-likeness (QED) is 0.842. The molecule has 0 atom stereocenters. The first-order valence-corrected chi connectivity index (χ1v) is 8.70. The summed E-state index contributed by atoms with van der Waals surface area (Å²) in [6.07, 6.45) is 2.66. The minimum Gasteiger partial charge on any atom is -0.494 e. The lowest BCUT2D eigenvalue weighted by atomic mass is 9.96. The molecule has 1 heterocycles. The van der Waals surface area contributed by atoms with E-state index in [1.54, 1.807) is 0 Å². The van der Waals surface area contributed by atoms with E-state index in [1.165, 1.54) is 19.2 Å². The molecule has 0 bridgehead atoms. The molecule has 0 saturated carbocycles. The van der Waals surface area contributed by atoms with Crippen molar-refractivity contribution in [1.29, 1.82) is 0 Å². The van der Waals surface area contributed by atoms with Crippen molar-refractivity contribution in [3.05, 3.63) is 24.0 Å². The molecule has 1 fully saturated rings. The molecular weight excluding hydrogens is 295 g/mol. The lowest BCUT2D eigenvalue weighted by molar-refractivity contribution is 0.365. The number of sulfonamides is 1. The average Bonchev–Trinajstić information content (AvgIpc) is 2.48. The normalized spacial score (nSPS) is 16.7. The van der Waals surface area contributed by atoms with Crippen molar-refractivity contribution in [2.24, 2.45) is 5.92 Å². The van der Waals surface area contributed by atoms with E-state index < -0.39 is 15.8 Å². The maximum atomic E-state index is 13.1. The minimum atomic E-state index is -3.45. The lowest BCUT2D eigenvalue weighted by Crippen LogP contribution is -2.29. The molecule has 0 spiro atoms. The van der Waals surface area contributed by atoms with Gasteiger partial charge in [0.05, 0.1) is 18.6 Å². The van der Waals surface area contributed by atoms with Crippen LogP contribution in [-0.2, 0) is 10.0 Å². The highest BCUT2D eigenvalue weighted by atomic mass is 32.2. The number of halogens is 1. The summed E-state index contributed by atoms with van der Waals surface area (Å²) < 4.78 is 44.8. The summed E-state index contributed by atoms with van der Waals surface area (Å²) in [6.45, 7) is 1.90. The number of piperidine rings is 1. The summed E-state index contributed by atoms with van der Waals surface area (Å²) in [7, 11) is -2.08. The van der Waals surface area contributed by atoms with Crippen molar-refractivity contribution in [2.75, 3.05) is 30.7 Å². The van der Waals surface area contributed by atoms with E-state index in [0.29, 0.717) is 12.3 Å². The van der Waals surface area contributed by atoms with E-state index in [2.05, 4.69) is 10.0 Å². The number of rotatable bonds is 6. The summed E-state index contributed by atoms with van der Waals surface area (Å²) in [4.78, 5) is 0. The fourth-order valence-electron chi connectivity index (χ4n) is 2.46. The van der Waals surface area contributed by atoms with Gasteiger partial charge in [-0.1, -0.05) is 0 Å². The monoisotopic (exact) mass is 316 g/mol. The largest absolute Gasteiger partial charge is 0.494 e. The van der Waals surface area contributed by atoms with Crippen LogP contribution in [0.2, 0.25) is 0 Å². The van der Waals surface area contributed by atoms with E-state index in [-0.39, 0.29) is 17.2 Å². The molecule has 2 rings (SSSR count). The van der Waals surface area contributed by atoms with Crippen LogP contribution in [0.1, 0.15) is 19.3 Å². The molecule has 1 aliphatic heterocycles. The molecule has 0 amide bonds. The van der Waals surface area contributed by atoms with Gasteiger partial charge in [-0.05, 0) is 50.4 Å². The number of hydrogen-bond acceptors (Lipinski definition) is 4. The Bertz CT molecular complexity index is 572. The SMILES string of the molecule is COc1cc(F)ccc1NS(=O)(=O)CCC1CCNCC1. The molecule has 1 saturated heterocycles. The van der Waals surface area contributed by atoms with Crippen LogP contribution in [0, 0.1) is 11.7 Å². The first kappa shape index (κ1) is 16.0. The Hall–Kier alpha value is -1.34. The second-order valence-corrected chi connectivity index (χ2v) is 7.09. The van der Waals surface area contributed by atoms with Crippen LogP contribution in [0.25, 0.3) is 0 Å². The molecule has 1 aromatic carbocycles. The van der Waals surface area contributed by atoms with Gasteiger partial charge >= 0.3 is 0 Å². The Kier molecular flexibility index (Phi) is 5.41. The van der Waals surface area contributed by atoms with Crippen molar-refractivity contribution in [3.8, 4) is 5.75 Å². The van der Waals surface area contributed by atoms with Crippen molar-refractivity contribution >= 4 is 15.7 Å². The number of anilines is 1. The number of ether oxygens (including phenoxy) is 1. The molecule has 1 aromatic rings. The molecule has 0 unspecified atom stereocenters. The van der Waals surface area contributed by atoms with E-state index in [9.17, 15) is 12.8 Å². The van der Waals surface area contributed by atoms with Gasteiger partial charge in [0.2, 0.25) is 10.0 Å². The molecule has 118 valence electrons. The third-order valence-corrected chi connectivity index (χ3v) is 4.99. The van der Waals surface area contributed by atoms with Gasteiger partial charge in [-0.3, -0.25) is 4.72 Å². The van der Waals surface area contributed by atoms with Gasteiger partial charge in [0.25, 0.3) is 0 Å². The Morgan fingerprint density at radius 2 is 2.10 bits per heavy atom. The molecule has 0 aliphatic carbocycles. The summed E-state index contributed by atoms with van der Waals surface area (Å²) in [5, 5.41) is 3.25. The molecule has 2 N–H and O–H groups in total. The molecular formula is C14H21FN2O3S. The zero-order valence-corrected chi connectivity index (χ0v) is 12.9. The number of hydrogen-bond donors (Lipinski definition) is 2. The Morgan fingerprint density at radius 1 is 1.38 bits per heavy atom. The standard InChI is InChI=1S/C14H21FN2O3S/c1-20-14-10-12(15)2-3-13(14)17-21(18,19)9-6-11-4-7-16-8-5-11/h2-3,10-11,16-17H,4-9H2,1H3. The highest BCUT2D eigenvalue weighted by Crippen LogP contribution is 2.26. The fraction of sp³-hybridized carbons (Fsp3) is 0.571. The molecule has 7 heteroatoms. The molecule has 0 aromatic heterocycles. The van der Waals surface area contributed by atoms with Gasteiger partial charge in [0, 0.05) is 6.07 Å². The maximum Gasteiger partial charge on any atom is 0.232 e. The molecule has 1 aliphatic rings. The predicted octanol–water partition coefficient (Wildman–Crippen LogP) is 1.97. The summed E-state index contributed by atoms with van der Waals surface area (Å²) in [5.74, 6) is 0.223. The topological polar surface area (TPSA) is 67.4 Å². The van der Waals surface area contributed by atoms with Gasteiger partial charge in [-0.25, -0.2) is 12.8 Å². The third kappa shape index (κ3) is 4.86. The highest BCUT2D eigenvalue weighted by molar-refractivity contribution is 7.92. The van der Waals surface area contributed by atoms with Gasteiger partial charge in [0.1, 0.15) is 11.6 Å². The van der Waals surface area contributed by atoms with Crippen LogP contribution in [0.3, 0.4) is 0 Å². The summed E-state index contributed by atoms with van der Waals surface area (Å²) >= 11 is 0. The molecule has 21 heavy (non-hydrogen) atoms. The second-order valence-electron chi connectivity index (χ2n) is 5.25. The minimum absolute atomic E-state index is 0.0677. The van der Waals surface area contributed by atoms with Crippen LogP contribution >= 0.6 is 0 Å². The Balaban J connectivity index is 1.97. The van der Waals surface area contributed by atoms with E-state index >= 15 is 0 Å². The van der Waals surface area contributed by atoms with Crippen LogP contribution in [0.4, 0.5) is 10.1 Å². The van der Waals surface area contributed by atoms with E-state index in [0.717, 1.165) is 32.0 Å². The van der Waals surface area contributed by atoms with Crippen molar-refractivity contribution in [3.63, 3.8) is 0 Å². The molecule has 0 radical (unpaired) electrons. The zero-order valence-electron chi connectivity index (χ0n) is 12.1. The third-order valence-electron chi connectivity index (χ3n) is 3.68. The van der Waals surface area contributed by atoms with Crippen LogP contribution < -0.4 is 14.8 Å². The van der Waals surface area contributed by atoms with Gasteiger partial charge in [0.15, 0.2) is 0 Å². The zero-order chi connectivity index (χ0) is 15.3. The van der Waals surface area contributed by atoms with E-state index in [4.69, 9.17) is 4.74 Å². The molecule has 5 nitrogen and oxygen atoms in total. The fourth-order valence-corrected chi connectivity index (χ4v) is 3.71. The number of methoxy groups -OCH3 is 1. The number of benzene rings is 1.